The predicted molar refractivity (Wildman–Crippen MR) is 149 cm³/mol. The van der Waals surface area contributed by atoms with Crippen LogP contribution in [0.4, 0.5) is 0 Å². The van der Waals surface area contributed by atoms with Crippen molar-refractivity contribution in [1.29, 1.82) is 0 Å². The van der Waals surface area contributed by atoms with Crippen molar-refractivity contribution < 1.29 is 9.53 Å². The Morgan fingerprint density at radius 1 is 0.895 bits per heavy atom. The van der Waals surface area contributed by atoms with Crippen molar-refractivity contribution >= 4 is 17.5 Å². The molecule has 1 amide bonds. The van der Waals surface area contributed by atoms with Crippen LogP contribution in [-0.4, -0.2) is 21.0 Å². The molecule has 1 atom stereocenters. The molecular formula is C32H26ClN3O2. The summed E-state index contributed by atoms with van der Waals surface area (Å²) in [5.41, 5.74) is 7.40. The Morgan fingerprint density at radius 2 is 1.61 bits per heavy atom. The molecule has 188 valence electrons. The average Bonchev–Trinajstić information content (AvgIpc) is 3.49. The highest BCUT2D eigenvalue weighted by Gasteiger charge is 2.42. The van der Waals surface area contributed by atoms with Gasteiger partial charge in [0, 0.05) is 28.3 Å². The minimum absolute atomic E-state index is 0.0562. The smallest absolute Gasteiger partial charge is 0.273 e. The van der Waals surface area contributed by atoms with E-state index in [4.69, 9.17) is 16.3 Å². The molecule has 0 saturated carbocycles. The van der Waals surface area contributed by atoms with Crippen LogP contribution in [0.15, 0.2) is 103 Å². The fraction of sp³-hybridized carbons (Fsp3) is 0.125. The van der Waals surface area contributed by atoms with Crippen LogP contribution in [0.3, 0.4) is 0 Å². The number of ether oxygens (including phenoxy) is 1. The SMILES string of the molecule is Cc1ccc(CN2C(=O)c3[nH]nc(-c4ccccc4)c3C2c2ccc(OCc3ccccc3Cl)cc2)cc1. The predicted octanol–water partition coefficient (Wildman–Crippen LogP) is 7.36. The molecule has 2 heterocycles. The van der Waals surface area contributed by atoms with Crippen molar-refractivity contribution in [2.24, 2.45) is 0 Å². The van der Waals surface area contributed by atoms with Crippen LogP contribution in [-0.2, 0) is 13.2 Å². The van der Waals surface area contributed by atoms with Crippen molar-refractivity contribution in [3.63, 3.8) is 0 Å². The second kappa shape index (κ2) is 10.2. The summed E-state index contributed by atoms with van der Waals surface area (Å²) in [4.78, 5) is 15.6. The summed E-state index contributed by atoms with van der Waals surface area (Å²) < 4.78 is 6.01. The topological polar surface area (TPSA) is 58.2 Å². The molecule has 0 spiro atoms. The standard InChI is InChI=1S/C32H26ClN3O2/c1-21-11-13-22(14-12-21)19-36-31(28-29(23-7-3-2-4-8-23)34-35-30(28)32(36)37)24-15-17-26(18-16-24)38-20-25-9-5-6-10-27(25)33/h2-18,31H,19-20H2,1H3,(H,34,35). The Kier molecular flexibility index (Phi) is 6.44. The number of amides is 1. The van der Waals surface area contributed by atoms with Gasteiger partial charge in [-0.2, -0.15) is 5.10 Å². The normalized spacial score (nSPS) is 14.5. The van der Waals surface area contributed by atoms with Gasteiger partial charge in [-0.25, -0.2) is 0 Å². The fourth-order valence-corrected chi connectivity index (χ4v) is 5.13. The molecular weight excluding hydrogens is 494 g/mol. The number of carbonyl (C=O) groups excluding carboxylic acids is 1. The third-order valence-corrected chi connectivity index (χ3v) is 7.30. The van der Waals surface area contributed by atoms with E-state index >= 15 is 0 Å². The number of carbonyl (C=O) groups is 1. The van der Waals surface area contributed by atoms with Gasteiger partial charge in [0.15, 0.2) is 0 Å². The van der Waals surface area contributed by atoms with Gasteiger partial charge in [-0.15, -0.1) is 0 Å². The maximum Gasteiger partial charge on any atom is 0.273 e. The van der Waals surface area contributed by atoms with Crippen LogP contribution in [0.2, 0.25) is 5.02 Å². The van der Waals surface area contributed by atoms with E-state index in [9.17, 15) is 4.79 Å². The van der Waals surface area contributed by atoms with Crippen molar-refractivity contribution in [2.75, 3.05) is 0 Å². The van der Waals surface area contributed by atoms with Crippen LogP contribution in [0.25, 0.3) is 11.3 Å². The van der Waals surface area contributed by atoms with E-state index in [2.05, 4.69) is 41.4 Å². The molecule has 5 aromatic rings. The number of rotatable bonds is 7. The lowest BCUT2D eigenvalue weighted by Gasteiger charge is -2.27. The zero-order valence-electron chi connectivity index (χ0n) is 20.9. The number of aromatic amines is 1. The summed E-state index contributed by atoms with van der Waals surface area (Å²) in [7, 11) is 0. The minimum Gasteiger partial charge on any atom is -0.489 e. The number of aromatic nitrogens is 2. The van der Waals surface area contributed by atoms with E-state index in [1.54, 1.807) is 0 Å². The molecule has 4 aromatic carbocycles. The number of hydrogen-bond acceptors (Lipinski definition) is 3. The Balaban J connectivity index is 1.35. The minimum atomic E-state index is -0.287. The number of hydrogen-bond donors (Lipinski definition) is 1. The molecule has 0 aliphatic carbocycles. The average molecular weight is 520 g/mol. The highest BCUT2D eigenvalue weighted by molar-refractivity contribution is 6.31. The molecule has 0 bridgehead atoms. The maximum atomic E-state index is 13.7. The van der Waals surface area contributed by atoms with Crippen molar-refractivity contribution in [3.8, 4) is 17.0 Å². The number of fused-ring (bicyclic) bond motifs is 1. The van der Waals surface area contributed by atoms with E-state index in [0.717, 1.165) is 39.3 Å². The van der Waals surface area contributed by atoms with Crippen LogP contribution in [0.5, 0.6) is 5.75 Å². The lowest BCUT2D eigenvalue weighted by molar-refractivity contribution is 0.0730. The van der Waals surface area contributed by atoms with Crippen LogP contribution in [0, 0.1) is 6.92 Å². The van der Waals surface area contributed by atoms with Crippen molar-refractivity contribution in [3.05, 3.63) is 142 Å². The van der Waals surface area contributed by atoms with Gasteiger partial charge in [-0.3, -0.25) is 9.89 Å². The summed E-state index contributed by atoms with van der Waals surface area (Å²) in [6.45, 7) is 2.93. The lowest BCUT2D eigenvalue weighted by atomic mass is 9.96. The van der Waals surface area contributed by atoms with E-state index in [0.29, 0.717) is 23.9 Å². The molecule has 5 nitrogen and oxygen atoms in total. The maximum absolute atomic E-state index is 13.7. The molecule has 0 saturated heterocycles. The van der Waals surface area contributed by atoms with Crippen LogP contribution < -0.4 is 4.74 Å². The van der Waals surface area contributed by atoms with Gasteiger partial charge in [0.2, 0.25) is 0 Å². The molecule has 1 unspecified atom stereocenters. The lowest BCUT2D eigenvalue weighted by Crippen LogP contribution is -2.29. The number of nitrogens with one attached hydrogen (secondary N) is 1. The second-order valence-corrected chi connectivity index (χ2v) is 9.90. The van der Waals surface area contributed by atoms with Crippen LogP contribution in [0.1, 0.15) is 44.3 Å². The first-order valence-electron chi connectivity index (χ1n) is 12.5. The molecule has 1 aliphatic heterocycles. The second-order valence-electron chi connectivity index (χ2n) is 9.50. The summed E-state index contributed by atoms with van der Waals surface area (Å²) >= 11 is 6.28. The largest absolute Gasteiger partial charge is 0.489 e. The van der Waals surface area contributed by atoms with E-state index < -0.39 is 0 Å². The summed E-state index contributed by atoms with van der Waals surface area (Å²) in [5.74, 6) is 0.679. The monoisotopic (exact) mass is 519 g/mol. The van der Waals surface area contributed by atoms with Gasteiger partial charge in [0.25, 0.3) is 5.91 Å². The van der Waals surface area contributed by atoms with Crippen molar-refractivity contribution in [1.82, 2.24) is 15.1 Å². The number of benzene rings is 4. The first-order valence-corrected chi connectivity index (χ1v) is 12.9. The van der Waals surface area contributed by atoms with Gasteiger partial charge in [-0.1, -0.05) is 102 Å². The zero-order valence-corrected chi connectivity index (χ0v) is 21.7. The molecule has 6 rings (SSSR count). The zero-order chi connectivity index (χ0) is 26.1. The molecule has 38 heavy (non-hydrogen) atoms. The van der Waals surface area contributed by atoms with Gasteiger partial charge in [-0.05, 0) is 36.2 Å². The summed E-state index contributed by atoms with van der Waals surface area (Å²) in [6.07, 6.45) is 0. The number of aryl methyl sites for hydroxylation is 1. The number of nitrogens with zero attached hydrogens (tertiary/aromatic N) is 2. The fourth-order valence-electron chi connectivity index (χ4n) is 4.94. The van der Waals surface area contributed by atoms with Gasteiger partial charge >= 0.3 is 0 Å². The highest BCUT2D eigenvalue weighted by Crippen LogP contribution is 2.43. The van der Waals surface area contributed by atoms with E-state index in [-0.39, 0.29) is 11.9 Å². The Labute approximate surface area is 226 Å². The highest BCUT2D eigenvalue weighted by atomic mass is 35.5. The molecule has 6 heteroatoms. The first-order chi connectivity index (χ1) is 18.6. The quantitative estimate of drug-likeness (QED) is 0.244. The van der Waals surface area contributed by atoms with E-state index in [1.165, 1.54) is 5.56 Å². The third kappa shape index (κ3) is 4.57. The molecule has 0 fully saturated rings. The molecule has 1 aliphatic rings. The Hall–Kier alpha value is -4.35. The summed E-state index contributed by atoms with van der Waals surface area (Å²) in [6, 6.07) is 33.6. The van der Waals surface area contributed by atoms with Crippen LogP contribution >= 0.6 is 11.6 Å². The number of halogens is 1. The molecule has 1 N–H and O–H groups in total. The van der Waals surface area contributed by atoms with Gasteiger partial charge < -0.3 is 9.64 Å². The van der Waals surface area contributed by atoms with Gasteiger partial charge in [0.05, 0.1) is 11.7 Å². The summed E-state index contributed by atoms with van der Waals surface area (Å²) in [5, 5.41) is 8.28. The van der Waals surface area contributed by atoms with E-state index in [1.807, 2.05) is 83.8 Å². The first kappa shape index (κ1) is 24.0. The van der Waals surface area contributed by atoms with Gasteiger partial charge in [0.1, 0.15) is 18.1 Å². The van der Waals surface area contributed by atoms with Crippen molar-refractivity contribution in [2.45, 2.75) is 26.1 Å². The third-order valence-electron chi connectivity index (χ3n) is 6.93. The number of H-pyrrole nitrogens is 1. The molecule has 1 aromatic heterocycles. The molecule has 0 radical (unpaired) electrons. The Bertz CT molecular complexity index is 1580. The Morgan fingerprint density at radius 3 is 2.34 bits per heavy atom.